The molecule has 5 aliphatic rings. The Hall–Kier alpha value is -7.13. The van der Waals surface area contributed by atoms with Crippen molar-refractivity contribution in [3.63, 3.8) is 0 Å². The Balaban J connectivity index is 0.637. The predicted molar refractivity (Wildman–Crippen MR) is 288 cm³/mol. The molecule has 4 aliphatic heterocycles. The fourth-order valence-corrected chi connectivity index (χ4v) is 11.9. The van der Waals surface area contributed by atoms with Crippen LogP contribution in [-0.2, 0) is 56.7 Å². The molecule has 19 nitrogen and oxygen atoms in total. The summed E-state index contributed by atoms with van der Waals surface area (Å²) in [7, 11) is 3.64. The van der Waals surface area contributed by atoms with Gasteiger partial charge in [0.15, 0.2) is 5.82 Å². The number of amides is 5. The number of likely N-dealkylation sites (N-methyl/N-ethyl adjacent to an activating group) is 1. The summed E-state index contributed by atoms with van der Waals surface area (Å²) in [6.45, 7) is 7.28. The second-order valence-corrected chi connectivity index (χ2v) is 21.4. The largest absolute Gasteiger partial charge is 0.381 e. The van der Waals surface area contributed by atoms with Gasteiger partial charge in [-0.2, -0.15) is 5.11 Å². The van der Waals surface area contributed by atoms with Crippen molar-refractivity contribution in [3.05, 3.63) is 126 Å². The number of aryl methyl sites for hydroxylation is 4. The van der Waals surface area contributed by atoms with Crippen molar-refractivity contribution in [1.82, 2.24) is 34.6 Å². The monoisotopic (exact) mass is 1050 g/mol. The normalized spacial score (nSPS) is 19.6. The van der Waals surface area contributed by atoms with Gasteiger partial charge in [-0.05, 0) is 123 Å². The minimum absolute atomic E-state index is 0.00133. The Morgan fingerprint density at radius 2 is 1.67 bits per heavy atom. The molecule has 10 rings (SSSR count). The zero-order chi connectivity index (χ0) is 52.9. The minimum atomic E-state index is -0.632. The molecule has 0 spiro atoms. The number of carbonyl (C=O) groups is 5. The fraction of sp³-hybridized carbons (Fsp3) is 0.446. The van der Waals surface area contributed by atoms with Gasteiger partial charge in [-0.25, -0.2) is 4.98 Å². The number of nitrogens with one attached hydrogen (secondary N) is 3. The number of rotatable bonds is 20. The van der Waals surface area contributed by atoms with Gasteiger partial charge in [-0.1, -0.05) is 41.6 Å². The number of thiophene rings is 1. The number of piperidine rings is 1. The third kappa shape index (κ3) is 11.6. The maximum Gasteiger partial charge on any atom is 0.293 e. The average Bonchev–Trinajstić information content (AvgIpc) is 4.17. The van der Waals surface area contributed by atoms with Gasteiger partial charge in [0.25, 0.3) is 17.4 Å². The second kappa shape index (κ2) is 23.4. The van der Waals surface area contributed by atoms with Crippen molar-refractivity contribution >= 4 is 58.1 Å². The van der Waals surface area contributed by atoms with Gasteiger partial charge in [0.1, 0.15) is 12.1 Å². The van der Waals surface area contributed by atoms with Crippen molar-refractivity contribution in [2.45, 2.75) is 89.4 Å². The zero-order valence-electron chi connectivity index (χ0n) is 43.3. The highest BCUT2D eigenvalue weighted by Crippen LogP contribution is 2.34. The third-order valence-electron chi connectivity index (χ3n) is 15.1. The quantitative estimate of drug-likeness (QED) is 0.0573. The number of benzene rings is 3. The lowest BCUT2D eigenvalue weighted by Crippen LogP contribution is -2.52. The van der Waals surface area contributed by atoms with E-state index >= 15 is 0 Å². The summed E-state index contributed by atoms with van der Waals surface area (Å²) < 4.78 is 13.5. The molecule has 0 bridgehead atoms. The standard InChI is InChI=1S/C56H65N11O8S/c1-35-41(12-7-14-44(35)59-53(70)48-31-38-9-4-5-15-47(38)76-48)45-34-64(3)56(73)51(58-45)57-39-18-16-37(17-19-39)50-55(72)65(24-23-63(50)2)25-29-75-30-26-66-32-40(61-62-66)22-28-74-27-8-11-36-10-6-13-42-43(36)33-67(54(42)71)46-20-21-49(68)60-52(46)69/h6-7,10,12-14,16-19,31,34,40,46,50H,4-5,8-9,11,15,20-30,32-33H2,1-3H3,(H,57,58)(H,59,70)(H,60,68,69)/t40?,46?,50-/m1/s1. The molecule has 20 heteroatoms. The van der Waals surface area contributed by atoms with E-state index in [4.69, 9.17) is 14.5 Å². The maximum absolute atomic E-state index is 13.9. The van der Waals surface area contributed by atoms with E-state index in [0.29, 0.717) is 94.7 Å². The van der Waals surface area contributed by atoms with Crippen LogP contribution in [0.5, 0.6) is 0 Å². The van der Waals surface area contributed by atoms with E-state index in [9.17, 15) is 28.8 Å². The number of ether oxygens (including phenoxy) is 2. The molecule has 2 saturated heterocycles. The summed E-state index contributed by atoms with van der Waals surface area (Å²) in [6.07, 6.45) is 8.90. The van der Waals surface area contributed by atoms with Gasteiger partial charge in [0, 0.05) is 86.4 Å². The first-order valence-corrected chi connectivity index (χ1v) is 27.2. The molecule has 2 unspecified atom stereocenters. The van der Waals surface area contributed by atoms with E-state index in [0.717, 1.165) is 77.6 Å². The van der Waals surface area contributed by atoms with Crippen LogP contribution in [0.15, 0.2) is 88.1 Å². The molecule has 0 radical (unpaired) electrons. The first-order chi connectivity index (χ1) is 36.9. The summed E-state index contributed by atoms with van der Waals surface area (Å²) >= 11 is 1.58. The maximum atomic E-state index is 13.9. The Kier molecular flexibility index (Phi) is 16.1. The van der Waals surface area contributed by atoms with E-state index in [2.05, 4.69) is 31.2 Å². The number of imide groups is 1. The predicted octanol–water partition coefficient (Wildman–Crippen LogP) is 6.38. The lowest BCUT2D eigenvalue weighted by molar-refractivity contribution is -0.142. The van der Waals surface area contributed by atoms with Crippen molar-refractivity contribution < 1.29 is 33.4 Å². The summed E-state index contributed by atoms with van der Waals surface area (Å²) in [5, 5.41) is 19.4. The van der Waals surface area contributed by atoms with Crippen LogP contribution in [0.2, 0.25) is 0 Å². The van der Waals surface area contributed by atoms with Crippen LogP contribution in [0.25, 0.3) is 11.3 Å². The molecule has 398 valence electrons. The number of fused-ring (bicyclic) bond motifs is 2. The fourth-order valence-electron chi connectivity index (χ4n) is 10.8. The van der Waals surface area contributed by atoms with Crippen molar-refractivity contribution in [2.75, 3.05) is 76.8 Å². The summed E-state index contributed by atoms with van der Waals surface area (Å²) in [5.74, 6) is -0.845. The van der Waals surface area contributed by atoms with Gasteiger partial charge in [0.05, 0.1) is 42.9 Å². The molecule has 5 amide bonds. The van der Waals surface area contributed by atoms with Gasteiger partial charge in [-0.15, -0.1) is 11.3 Å². The molecule has 3 N–H and O–H groups in total. The average molecular weight is 1050 g/mol. The molecule has 3 atom stereocenters. The Bertz CT molecular complexity index is 3080. The summed E-state index contributed by atoms with van der Waals surface area (Å²) in [6, 6.07) is 19.9. The van der Waals surface area contributed by atoms with Crippen LogP contribution in [0.4, 0.5) is 17.2 Å². The Morgan fingerprint density at radius 3 is 2.50 bits per heavy atom. The molecule has 2 fully saturated rings. The van der Waals surface area contributed by atoms with E-state index in [-0.39, 0.29) is 47.5 Å². The second-order valence-electron chi connectivity index (χ2n) is 20.3. The van der Waals surface area contributed by atoms with Crippen molar-refractivity contribution in [2.24, 2.45) is 17.4 Å². The van der Waals surface area contributed by atoms with Crippen LogP contribution in [0.3, 0.4) is 0 Å². The first kappa shape index (κ1) is 52.3. The number of hydrogen-bond acceptors (Lipinski definition) is 15. The molecular weight excluding hydrogens is 987 g/mol. The van der Waals surface area contributed by atoms with Gasteiger partial charge in [0.2, 0.25) is 17.7 Å². The van der Waals surface area contributed by atoms with Crippen LogP contribution in [-0.4, -0.2) is 137 Å². The lowest BCUT2D eigenvalue weighted by Gasteiger charge is -2.39. The Labute approximate surface area is 445 Å². The van der Waals surface area contributed by atoms with Crippen molar-refractivity contribution in [3.8, 4) is 11.3 Å². The molecule has 1 aliphatic carbocycles. The summed E-state index contributed by atoms with van der Waals surface area (Å²) in [5.41, 5.74) is 8.02. The molecule has 2 aromatic heterocycles. The lowest BCUT2D eigenvalue weighted by atomic mass is 9.99. The van der Waals surface area contributed by atoms with Gasteiger partial charge < -0.3 is 34.5 Å². The smallest absolute Gasteiger partial charge is 0.293 e. The third-order valence-corrected chi connectivity index (χ3v) is 16.4. The zero-order valence-corrected chi connectivity index (χ0v) is 44.2. The van der Waals surface area contributed by atoms with E-state index < -0.39 is 18.0 Å². The van der Waals surface area contributed by atoms with E-state index in [1.807, 2.05) is 84.5 Å². The van der Waals surface area contributed by atoms with Gasteiger partial charge in [-0.3, -0.25) is 44.0 Å². The van der Waals surface area contributed by atoms with Crippen LogP contribution in [0, 0.1) is 6.92 Å². The van der Waals surface area contributed by atoms with Crippen LogP contribution < -0.4 is 21.5 Å². The van der Waals surface area contributed by atoms with Crippen LogP contribution in [0.1, 0.15) is 97.3 Å². The number of hydrogen-bond donors (Lipinski definition) is 3. The van der Waals surface area contributed by atoms with Crippen molar-refractivity contribution in [1.29, 1.82) is 0 Å². The highest BCUT2D eigenvalue weighted by Gasteiger charge is 2.40. The number of piperazine rings is 1. The number of carbonyl (C=O) groups excluding carboxylic acids is 5. The molecule has 3 aromatic carbocycles. The number of anilines is 3. The first-order valence-electron chi connectivity index (χ1n) is 26.4. The van der Waals surface area contributed by atoms with E-state index in [1.165, 1.54) is 15.0 Å². The molecule has 6 heterocycles. The van der Waals surface area contributed by atoms with Crippen LogP contribution >= 0.6 is 11.3 Å². The SMILES string of the molecule is Cc1c(NC(=O)c2cc3c(s2)CCCC3)cccc1-c1cn(C)c(=O)c(Nc2ccc([C@@H]3C(=O)N(CCOCCN4CC(CCOCCCc5cccc6c5CN(C5CCC(=O)NC5=O)C6=O)N=N4)CCN3C)cc2)n1. The topological polar surface area (TPSA) is 212 Å². The number of nitrogens with zero attached hydrogens (tertiary/aromatic N) is 8. The highest BCUT2D eigenvalue weighted by molar-refractivity contribution is 7.14. The minimum Gasteiger partial charge on any atom is -0.381 e. The molecule has 76 heavy (non-hydrogen) atoms. The molecular formula is C56H65N11O8S. The van der Waals surface area contributed by atoms with E-state index in [1.54, 1.807) is 35.5 Å². The highest BCUT2D eigenvalue weighted by atomic mass is 32.1. The number of aromatic nitrogens is 2. The Morgan fingerprint density at radius 1 is 0.882 bits per heavy atom. The van der Waals surface area contributed by atoms with Gasteiger partial charge >= 0.3 is 0 Å². The molecule has 5 aromatic rings. The summed E-state index contributed by atoms with van der Waals surface area (Å²) in [4.78, 5) is 90.2. The molecule has 0 saturated carbocycles.